The van der Waals surface area contributed by atoms with Crippen LogP contribution in [0.25, 0.3) is 0 Å². The van der Waals surface area contributed by atoms with Gasteiger partial charge >= 0.3 is 0 Å². The molecule has 0 saturated heterocycles. The van der Waals surface area contributed by atoms with E-state index in [4.69, 9.17) is 0 Å². The van der Waals surface area contributed by atoms with Crippen LogP contribution in [0.5, 0.6) is 0 Å². The molecule has 1 amide bonds. The van der Waals surface area contributed by atoms with Gasteiger partial charge in [0.1, 0.15) is 0 Å². The molecule has 0 aliphatic heterocycles. The van der Waals surface area contributed by atoms with Gasteiger partial charge in [-0.2, -0.15) is 0 Å². The smallest absolute Gasteiger partial charge is 0.252 e. The minimum atomic E-state index is -1.15. The van der Waals surface area contributed by atoms with E-state index in [1.807, 2.05) is 13.0 Å². The molecule has 0 spiro atoms. The fraction of sp³-hybridized carbons (Fsp3) is 0.611. The Morgan fingerprint density at radius 2 is 1.96 bits per heavy atom. The SMILES string of the molecule is CCS(=O)c1ccccc1C(=O)NCC1(CCO)CCCCC1. The number of nitrogens with one attached hydrogen (secondary N) is 1. The van der Waals surface area contributed by atoms with E-state index >= 15 is 0 Å². The lowest BCUT2D eigenvalue weighted by atomic mass is 9.72. The lowest BCUT2D eigenvalue weighted by molar-refractivity contribution is 0.0866. The molecule has 1 aliphatic rings. The van der Waals surface area contributed by atoms with E-state index in [0.29, 0.717) is 22.8 Å². The summed E-state index contributed by atoms with van der Waals surface area (Å²) in [7, 11) is -1.15. The van der Waals surface area contributed by atoms with Crippen LogP contribution in [0.3, 0.4) is 0 Å². The highest BCUT2D eigenvalue weighted by molar-refractivity contribution is 7.85. The molecule has 1 aliphatic carbocycles. The van der Waals surface area contributed by atoms with Gasteiger partial charge in [-0.15, -0.1) is 0 Å². The van der Waals surface area contributed by atoms with Gasteiger partial charge in [0.15, 0.2) is 0 Å². The van der Waals surface area contributed by atoms with Gasteiger partial charge in [-0.3, -0.25) is 9.00 Å². The molecular weight excluding hydrogens is 310 g/mol. The number of hydrogen-bond donors (Lipinski definition) is 2. The van der Waals surface area contributed by atoms with Gasteiger partial charge in [-0.1, -0.05) is 38.3 Å². The van der Waals surface area contributed by atoms with Gasteiger partial charge in [-0.05, 0) is 36.8 Å². The second kappa shape index (κ2) is 8.60. The molecule has 128 valence electrons. The first kappa shape index (κ1) is 18.1. The maximum atomic E-state index is 12.6. The molecular formula is C18H27NO3S. The summed E-state index contributed by atoms with van der Waals surface area (Å²) in [5, 5.41) is 12.4. The van der Waals surface area contributed by atoms with Crippen molar-refractivity contribution >= 4 is 16.7 Å². The number of carbonyl (C=O) groups excluding carboxylic acids is 1. The summed E-state index contributed by atoms with van der Waals surface area (Å²) in [6, 6.07) is 7.11. The standard InChI is InChI=1S/C18H27NO3S/c1-2-23(22)16-9-5-4-8-15(16)17(21)19-14-18(12-13-20)10-6-3-7-11-18/h4-5,8-9,20H,2-3,6-7,10-14H2,1H3,(H,19,21). The Balaban J connectivity index is 2.08. The predicted molar refractivity (Wildman–Crippen MR) is 92.9 cm³/mol. The van der Waals surface area contributed by atoms with Gasteiger partial charge < -0.3 is 10.4 Å². The maximum absolute atomic E-state index is 12.6. The van der Waals surface area contributed by atoms with E-state index in [1.165, 1.54) is 6.42 Å². The minimum absolute atomic E-state index is 0.0154. The first-order chi connectivity index (χ1) is 11.1. The summed E-state index contributed by atoms with van der Waals surface area (Å²) >= 11 is 0. The normalized spacial score (nSPS) is 18.3. The van der Waals surface area contributed by atoms with Crippen molar-refractivity contribution in [2.45, 2.75) is 50.3 Å². The number of hydrogen-bond acceptors (Lipinski definition) is 3. The van der Waals surface area contributed by atoms with Crippen molar-refractivity contribution < 1.29 is 14.1 Å². The number of aliphatic hydroxyl groups is 1. The third-order valence-electron chi connectivity index (χ3n) is 4.82. The van der Waals surface area contributed by atoms with Gasteiger partial charge in [0.2, 0.25) is 0 Å². The van der Waals surface area contributed by atoms with Crippen LogP contribution >= 0.6 is 0 Å². The summed E-state index contributed by atoms with van der Waals surface area (Å²) in [5.41, 5.74) is 0.518. The van der Waals surface area contributed by atoms with Crippen molar-refractivity contribution in [2.24, 2.45) is 5.41 Å². The van der Waals surface area contributed by atoms with Crippen LogP contribution in [0.2, 0.25) is 0 Å². The molecule has 2 N–H and O–H groups in total. The molecule has 0 heterocycles. The highest BCUT2D eigenvalue weighted by atomic mass is 32.2. The second-order valence-corrected chi connectivity index (χ2v) is 8.06. The van der Waals surface area contributed by atoms with E-state index in [-0.39, 0.29) is 17.9 Å². The molecule has 5 heteroatoms. The Bertz CT molecular complexity index is 547. The van der Waals surface area contributed by atoms with E-state index in [0.717, 1.165) is 32.1 Å². The monoisotopic (exact) mass is 337 g/mol. The van der Waals surface area contributed by atoms with Crippen LogP contribution < -0.4 is 5.32 Å². The van der Waals surface area contributed by atoms with Crippen LogP contribution in [0.1, 0.15) is 55.8 Å². The van der Waals surface area contributed by atoms with Crippen LogP contribution in [0.4, 0.5) is 0 Å². The first-order valence-corrected chi connectivity index (χ1v) is 9.80. The van der Waals surface area contributed by atoms with Gasteiger partial charge in [0, 0.05) is 18.9 Å². The fourth-order valence-electron chi connectivity index (χ4n) is 3.43. The van der Waals surface area contributed by atoms with Gasteiger partial charge in [0.25, 0.3) is 5.91 Å². The molecule has 4 nitrogen and oxygen atoms in total. The van der Waals surface area contributed by atoms with Crippen molar-refractivity contribution in [3.8, 4) is 0 Å². The Morgan fingerprint density at radius 3 is 2.61 bits per heavy atom. The molecule has 1 saturated carbocycles. The lowest BCUT2D eigenvalue weighted by Crippen LogP contribution is -2.40. The van der Waals surface area contributed by atoms with E-state index < -0.39 is 10.8 Å². The largest absolute Gasteiger partial charge is 0.396 e. The summed E-state index contributed by atoms with van der Waals surface area (Å²) < 4.78 is 12.1. The second-order valence-electron chi connectivity index (χ2n) is 6.35. The molecule has 1 aromatic carbocycles. The highest BCUT2D eigenvalue weighted by Gasteiger charge is 2.32. The van der Waals surface area contributed by atoms with Gasteiger partial charge in [-0.25, -0.2) is 0 Å². The fourth-order valence-corrected chi connectivity index (χ4v) is 4.37. The third-order valence-corrected chi connectivity index (χ3v) is 6.19. The van der Waals surface area contributed by atoms with Crippen LogP contribution in [-0.2, 0) is 10.8 Å². The summed E-state index contributed by atoms with van der Waals surface area (Å²) in [5.74, 6) is 0.337. The quantitative estimate of drug-likeness (QED) is 0.804. The average Bonchev–Trinajstić information content (AvgIpc) is 2.60. The molecule has 0 bridgehead atoms. The molecule has 0 aromatic heterocycles. The molecule has 1 aromatic rings. The summed E-state index contributed by atoms with van der Waals surface area (Å²) in [6.45, 7) is 2.59. The Morgan fingerprint density at radius 1 is 1.26 bits per heavy atom. The molecule has 2 rings (SSSR count). The number of amides is 1. The highest BCUT2D eigenvalue weighted by Crippen LogP contribution is 2.38. The first-order valence-electron chi connectivity index (χ1n) is 8.48. The Kier molecular flexibility index (Phi) is 6.78. The third kappa shape index (κ3) is 4.64. The number of benzene rings is 1. The van der Waals surface area contributed by atoms with Gasteiger partial charge in [0.05, 0.1) is 21.3 Å². The zero-order valence-corrected chi connectivity index (χ0v) is 14.7. The lowest BCUT2D eigenvalue weighted by Gasteiger charge is -2.37. The Hall–Kier alpha value is -1.20. The predicted octanol–water partition coefficient (Wildman–Crippen LogP) is 2.88. The Labute approximate surface area is 141 Å². The maximum Gasteiger partial charge on any atom is 0.252 e. The van der Waals surface area contributed by atoms with E-state index in [1.54, 1.807) is 18.2 Å². The summed E-state index contributed by atoms with van der Waals surface area (Å²) in [6.07, 6.45) is 6.39. The van der Waals surface area contributed by atoms with Crippen molar-refractivity contribution in [2.75, 3.05) is 18.9 Å². The summed E-state index contributed by atoms with van der Waals surface area (Å²) in [4.78, 5) is 13.2. The topological polar surface area (TPSA) is 66.4 Å². The molecule has 1 unspecified atom stereocenters. The zero-order chi connectivity index (χ0) is 16.7. The van der Waals surface area contributed by atoms with Crippen molar-refractivity contribution in [3.05, 3.63) is 29.8 Å². The van der Waals surface area contributed by atoms with Crippen molar-refractivity contribution in [3.63, 3.8) is 0 Å². The van der Waals surface area contributed by atoms with E-state index in [9.17, 15) is 14.1 Å². The number of aliphatic hydroxyl groups excluding tert-OH is 1. The number of rotatable bonds is 7. The number of carbonyl (C=O) groups is 1. The van der Waals surface area contributed by atoms with Crippen molar-refractivity contribution in [1.29, 1.82) is 0 Å². The molecule has 1 fully saturated rings. The average molecular weight is 337 g/mol. The van der Waals surface area contributed by atoms with Crippen LogP contribution in [0, 0.1) is 5.41 Å². The van der Waals surface area contributed by atoms with E-state index in [2.05, 4.69) is 5.32 Å². The molecule has 1 atom stereocenters. The molecule has 0 radical (unpaired) electrons. The van der Waals surface area contributed by atoms with Crippen molar-refractivity contribution in [1.82, 2.24) is 5.32 Å². The van der Waals surface area contributed by atoms with Crippen LogP contribution in [-0.4, -0.2) is 34.1 Å². The zero-order valence-electron chi connectivity index (χ0n) is 13.8. The molecule has 23 heavy (non-hydrogen) atoms. The van der Waals surface area contributed by atoms with Crippen LogP contribution in [0.15, 0.2) is 29.2 Å². The minimum Gasteiger partial charge on any atom is -0.396 e.